The van der Waals surface area contributed by atoms with Crippen LogP contribution in [-0.4, -0.2) is 13.7 Å². The molecule has 0 heterocycles. The predicted molar refractivity (Wildman–Crippen MR) is 87.4 cm³/mol. The molecular weight excluding hydrogens is 265 g/mol. The molecule has 0 radical (unpaired) electrons. The summed E-state index contributed by atoms with van der Waals surface area (Å²) in [6.07, 6.45) is 8.37. The number of nitrogens with one attached hydrogen (secondary N) is 1. The van der Waals surface area contributed by atoms with Gasteiger partial charge in [0.25, 0.3) is 0 Å². The summed E-state index contributed by atoms with van der Waals surface area (Å²) in [6, 6.07) is 4.97. The highest BCUT2D eigenvalue weighted by atomic mass is 19.1. The Balaban J connectivity index is 2.69. The van der Waals surface area contributed by atoms with Crippen LogP contribution in [0.1, 0.15) is 70.4 Å². The van der Waals surface area contributed by atoms with Crippen LogP contribution in [0.2, 0.25) is 0 Å². The first-order valence-corrected chi connectivity index (χ1v) is 8.29. The average Bonchev–Trinajstić information content (AvgIpc) is 2.50. The lowest BCUT2D eigenvalue weighted by atomic mass is 9.98. The molecule has 0 aromatic heterocycles. The summed E-state index contributed by atoms with van der Waals surface area (Å²) in [7, 11) is 1.65. The lowest BCUT2D eigenvalue weighted by Crippen LogP contribution is -2.22. The maximum Gasteiger partial charge on any atom is 0.123 e. The molecule has 2 nitrogen and oxygen atoms in total. The molecule has 0 aliphatic carbocycles. The maximum absolute atomic E-state index is 13.6. The molecule has 1 rings (SSSR count). The zero-order valence-electron chi connectivity index (χ0n) is 13.8. The molecule has 21 heavy (non-hydrogen) atoms. The van der Waals surface area contributed by atoms with Crippen molar-refractivity contribution in [1.82, 2.24) is 5.32 Å². The van der Waals surface area contributed by atoms with Gasteiger partial charge in [-0.2, -0.15) is 0 Å². The van der Waals surface area contributed by atoms with Gasteiger partial charge in [-0.25, -0.2) is 4.39 Å². The normalized spacial score (nSPS) is 12.4. The summed E-state index contributed by atoms with van der Waals surface area (Å²) in [6.45, 7) is 5.32. The van der Waals surface area contributed by atoms with E-state index in [4.69, 9.17) is 4.74 Å². The summed E-state index contributed by atoms with van der Waals surface area (Å²) in [5.74, 6) is 0.582. The van der Waals surface area contributed by atoms with E-state index >= 15 is 0 Å². The van der Waals surface area contributed by atoms with Crippen molar-refractivity contribution in [3.8, 4) is 5.75 Å². The molecule has 1 aromatic carbocycles. The Hall–Kier alpha value is -1.09. The highest BCUT2D eigenvalue weighted by Gasteiger charge is 2.16. The van der Waals surface area contributed by atoms with Gasteiger partial charge in [0, 0.05) is 11.6 Å². The summed E-state index contributed by atoms with van der Waals surface area (Å²) >= 11 is 0. The molecule has 0 amide bonds. The molecule has 0 fully saturated rings. The average molecular weight is 295 g/mol. The first-order valence-electron chi connectivity index (χ1n) is 8.29. The van der Waals surface area contributed by atoms with Gasteiger partial charge in [-0.05, 0) is 37.6 Å². The van der Waals surface area contributed by atoms with Crippen LogP contribution >= 0.6 is 0 Å². The summed E-state index contributed by atoms with van der Waals surface area (Å²) in [4.78, 5) is 0. The van der Waals surface area contributed by atoms with E-state index in [1.54, 1.807) is 19.2 Å². The quantitative estimate of drug-likeness (QED) is 0.564. The molecule has 1 unspecified atom stereocenters. The van der Waals surface area contributed by atoms with Crippen molar-refractivity contribution < 1.29 is 9.13 Å². The molecule has 0 saturated carbocycles. The number of hydrogen-bond acceptors (Lipinski definition) is 2. The van der Waals surface area contributed by atoms with Crippen LogP contribution in [0.5, 0.6) is 5.75 Å². The summed E-state index contributed by atoms with van der Waals surface area (Å²) < 4.78 is 19.0. The Labute approximate surface area is 129 Å². The second-order valence-electron chi connectivity index (χ2n) is 5.60. The van der Waals surface area contributed by atoms with E-state index in [1.165, 1.54) is 38.2 Å². The van der Waals surface area contributed by atoms with E-state index in [0.29, 0.717) is 0 Å². The zero-order chi connectivity index (χ0) is 15.5. The third kappa shape index (κ3) is 6.47. The van der Waals surface area contributed by atoms with Gasteiger partial charge in [0.15, 0.2) is 0 Å². The standard InChI is InChI=1S/C18H30FNO/c1-4-6-7-8-9-10-17(20-13-5-2)16-14-15(19)11-12-18(16)21-3/h11-12,14,17,20H,4-10,13H2,1-3H3. The fourth-order valence-electron chi connectivity index (χ4n) is 2.62. The van der Waals surface area contributed by atoms with Crippen LogP contribution in [-0.2, 0) is 0 Å². The van der Waals surface area contributed by atoms with Crippen LogP contribution in [0, 0.1) is 5.82 Å². The highest BCUT2D eigenvalue weighted by molar-refractivity contribution is 5.36. The van der Waals surface area contributed by atoms with Crippen LogP contribution in [0.4, 0.5) is 4.39 Å². The second-order valence-corrected chi connectivity index (χ2v) is 5.60. The zero-order valence-corrected chi connectivity index (χ0v) is 13.8. The number of methoxy groups -OCH3 is 1. The minimum atomic E-state index is -0.194. The Morgan fingerprint density at radius 2 is 1.86 bits per heavy atom. The van der Waals surface area contributed by atoms with Crippen molar-refractivity contribution in [3.63, 3.8) is 0 Å². The Morgan fingerprint density at radius 3 is 2.52 bits per heavy atom. The van der Waals surface area contributed by atoms with E-state index in [0.717, 1.165) is 30.7 Å². The lowest BCUT2D eigenvalue weighted by Gasteiger charge is -2.21. The van der Waals surface area contributed by atoms with Gasteiger partial charge in [-0.15, -0.1) is 0 Å². The van der Waals surface area contributed by atoms with Crippen LogP contribution in [0.15, 0.2) is 18.2 Å². The first-order chi connectivity index (χ1) is 10.2. The van der Waals surface area contributed by atoms with Gasteiger partial charge >= 0.3 is 0 Å². The van der Waals surface area contributed by atoms with Gasteiger partial charge in [-0.3, -0.25) is 0 Å². The van der Waals surface area contributed by atoms with E-state index in [-0.39, 0.29) is 11.9 Å². The van der Waals surface area contributed by atoms with Crippen LogP contribution in [0.3, 0.4) is 0 Å². The molecule has 1 aromatic rings. The third-order valence-corrected chi connectivity index (χ3v) is 3.80. The third-order valence-electron chi connectivity index (χ3n) is 3.80. The van der Waals surface area contributed by atoms with Gasteiger partial charge in [0.2, 0.25) is 0 Å². The van der Waals surface area contributed by atoms with Crippen molar-refractivity contribution >= 4 is 0 Å². The number of hydrogen-bond donors (Lipinski definition) is 1. The SMILES string of the molecule is CCCCCCCC(NCCC)c1cc(F)ccc1OC. The molecule has 0 aliphatic heterocycles. The first kappa shape index (κ1) is 18.0. The molecule has 0 spiro atoms. The number of benzene rings is 1. The summed E-state index contributed by atoms with van der Waals surface area (Å²) in [5.41, 5.74) is 0.946. The van der Waals surface area contributed by atoms with Crippen molar-refractivity contribution in [3.05, 3.63) is 29.6 Å². The van der Waals surface area contributed by atoms with E-state index in [2.05, 4.69) is 19.2 Å². The number of rotatable bonds is 11. The Kier molecular flexibility index (Phi) is 9.07. The predicted octanol–water partition coefficient (Wildman–Crippen LogP) is 5.24. The molecule has 0 saturated heterocycles. The molecule has 120 valence electrons. The van der Waals surface area contributed by atoms with Gasteiger partial charge < -0.3 is 10.1 Å². The largest absolute Gasteiger partial charge is 0.496 e. The van der Waals surface area contributed by atoms with Gasteiger partial charge in [-0.1, -0.05) is 46.0 Å². The van der Waals surface area contributed by atoms with Crippen LogP contribution in [0.25, 0.3) is 0 Å². The van der Waals surface area contributed by atoms with Crippen molar-refractivity contribution in [2.45, 2.75) is 64.8 Å². The van der Waals surface area contributed by atoms with Gasteiger partial charge in [0.05, 0.1) is 7.11 Å². The monoisotopic (exact) mass is 295 g/mol. The van der Waals surface area contributed by atoms with Crippen molar-refractivity contribution in [2.75, 3.05) is 13.7 Å². The minimum absolute atomic E-state index is 0.178. The number of unbranched alkanes of at least 4 members (excludes halogenated alkanes) is 4. The Morgan fingerprint density at radius 1 is 1.10 bits per heavy atom. The molecule has 0 bridgehead atoms. The second kappa shape index (κ2) is 10.6. The maximum atomic E-state index is 13.6. The number of halogens is 1. The fourth-order valence-corrected chi connectivity index (χ4v) is 2.62. The van der Waals surface area contributed by atoms with E-state index in [1.807, 2.05) is 0 Å². The number of ether oxygens (including phenoxy) is 1. The topological polar surface area (TPSA) is 21.3 Å². The smallest absolute Gasteiger partial charge is 0.123 e. The van der Waals surface area contributed by atoms with Crippen molar-refractivity contribution in [1.29, 1.82) is 0 Å². The van der Waals surface area contributed by atoms with Crippen molar-refractivity contribution in [2.24, 2.45) is 0 Å². The van der Waals surface area contributed by atoms with Gasteiger partial charge in [0.1, 0.15) is 11.6 Å². The lowest BCUT2D eigenvalue weighted by molar-refractivity contribution is 0.389. The van der Waals surface area contributed by atoms with E-state index in [9.17, 15) is 4.39 Å². The highest BCUT2D eigenvalue weighted by Crippen LogP contribution is 2.29. The molecule has 3 heteroatoms. The molecule has 1 atom stereocenters. The van der Waals surface area contributed by atoms with Crippen LogP contribution < -0.4 is 10.1 Å². The molecular formula is C18H30FNO. The van der Waals surface area contributed by atoms with E-state index < -0.39 is 0 Å². The fraction of sp³-hybridized carbons (Fsp3) is 0.667. The molecule has 1 N–H and O–H groups in total. The Bertz CT molecular complexity index is 395. The minimum Gasteiger partial charge on any atom is -0.496 e. The summed E-state index contributed by atoms with van der Waals surface area (Å²) in [5, 5.41) is 3.53. The molecule has 0 aliphatic rings.